The lowest BCUT2D eigenvalue weighted by Crippen LogP contribution is -2.32. The number of rotatable bonds is 4. The molecule has 1 aromatic carbocycles. The Labute approximate surface area is 129 Å². The molecule has 118 valence electrons. The van der Waals surface area contributed by atoms with Crippen LogP contribution >= 0.6 is 0 Å². The third-order valence-corrected chi connectivity index (χ3v) is 4.16. The third kappa shape index (κ3) is 3.47. The molecule has 4 nitrogen and oxygen atoms in total. The minimum atomic E-state index is -0.254. The van der Waals surface area contributed by atoms with Crippen molar-refractivity contribution >= 4 is 5.91 Å². The maximum atomic E-state index is 13.0. The van der Waals surface area contributed by atoms with Gasteiger partial charge >= 0.3 is 0 Å². The molecule has 1 fully saturated rings. The minimum absolute atomic E-state index is 0.0653. The Morgan fingerprint density at radius 2 is 2.09 bits per heavy atom. The molecule has 2 heterocycles. The first-order valence-electron chi connectivity index (χ1n) is 7.70. The summed E-state index contributed by atoms with van der Waals surface area (Å²) in [5, 5.41) is 2.96. The average molecular weight is 305 g/mol. The van der Waals surface area contributed by atoms with Gasteiger partial charge in [-0.3, -0.25) is 4.79 Å². The molecular weight excluding hydrogens is 285 g/mol. The van der Waals surface area contributed by atoms with E-state index in [1.165, 1.54) is 12.1 Å². The summed E-state index contributed by atoms with van der Waals surface area (Å²) in [5.41, 5.74) is 1.65. The van der Waals surface area contributed by atoms with Crippen molar-refractivity contribution in [2.45, 2.75) is 25.4 Å². The number of halogens is 1. The highest BCUT2D eigenvalue weighted by atomic mass is 19.1. The van der Waals surface area contributed by atoms with Crippen molar-refractivity contribution in [2.75, 3.05) is 19.8 Å². The molecule has 1 aromatic rings. The lowest BCUT2D eigenvalue weighted by atomic mass is 9.95. The van der Waals surface area contributed by atoms with Gasteiger partial charge in [0, 0.05) is 19.1 Å². The van der Waals surface area contributed by atoms with E-state index >= 15 is 0 Å². The van der Waals surface area contributed by atoms with Gasteiger partial charge in [-0.05, 0) is 37.0 Å². The fourth-order valence-electron chi connectivity index (χ4n) is 2.93. The molecule has 0 unspecified atom stereocenters. The van der Waals surface area contributed by atoms with Crippen LogP contribution in [0.3, 0.4) is 0 Å². The molecule has 22 heavy (non-hydrogen) atoms. The second kappa shape index (κ2) is 6.92. The molecule has 2 atom stereocenters. The van der Waals surface area contributed by atoms with Crippen LogP contribution in [0.5, 0.6) is 0 Å². The van der Waals surface area contributed by atoms with E-state index in [0.29, 0.717) is 25.3 Å². The zero-order valence-electron chi connectivity index (χ0n) is 12.4. The van der Waals surface area contributed by atoms with Crippen LogP contribution in [0, 0.1) is 11.7 Å². The summed E-state index contributed by atoms with van der Waals surface area (Å²) in [4.78, 5) is 12.1. The summed E-state index contributed by atoms with van der Waals surface area (Å²) in [6.07, 6.45) is 4.00. The minimum Gasteiger partial charge on any atom is -0.501 e. The van der Waals surface area contributed by atoms with Crippen LogP contribution in [0.1, 0.15) is 30.9 Å². The van der Waals surface area contributed by atoms with Crippen molar-refractivity contribution in [1.82, 2.24) is 5.32 Å². The van der Waals surface area contributed by atoms with Gasteiger partial charge in [0.1, 0.15) is 5.82 Å². The van der Waals surface area contributed by atoms with Gasteiger partial charge in [0.05, 0.1) is 24.5 Å². The molecule has 0 spiro atoms. The molecule has 2 aliphatic heterocycles. The summed E-state index contributed by atoms with van der Waals surface area (Å²) in [5.74, 6) is -0.111. The van der Waals surface area contributed by atoms with Crippen molar-refractivity contribution < 1.29 is 18.7 Å². The first-order valence-corrected chi connectivity index (χ1v) is 7.70. The summed E-state index contributed by atoms with van der Waals surface area (Å²) in [6.45, 7) is 1.90. The molecule has 5 heteroatoms. The third-order valence-electron chi connectivity index (χ3n) is 4.16. The molecule has 0 bridgehead atoms. The lowest BCUT2D eigenvalue weighted by molar-refractivity contribution is -0.118. The van der Waals surface area contributed by atoms with Crippen molar-refractivity contribution in [3.05, 3.63) is 47.5 Å². The quantitative estimate of drug-likeness (QED) is 0.930. The Hall–Kier alpha value is -1.88. The van der Waals surface area contributed by atoms with Crippen molar-refractivity contribution in [3.8, 4) is 0 Å². The average Bonchev–Trinajstić information content (AvgIpc) is 3.02. The van der Waals surface area contributed by atoms with Gasteiger partial charge in [0.25, 0.3) is 0 Å². The molecule has 0 radical (unpaired) electrons. The number of nitrogens with one attached hydrogen (secondary N) is 1. The van der Waals surface area contributed by atoms with E-state index in [4.69, 9.17) is 9.47 Å². The number of carbonyl (C=O) groups is 1. The van der Waals surface area contributed by atoms with Crippen LogP contribution in [-0.4, -0.2) is 25.7 Å². The summed E-state index contributed by atoms with van der Waals surface area (Å²) in [7, 11) is 0. The van der Waals surface area contributed by atoms with Crippen LogP contribution in [0.2, 0.25) is 0 Å². The summed E-state index contributed by atoms with van der Waals surface area (Å²) >= 11 is 0. The molecule has 1 saturated heterocycles. The van der Waals surface area contributed by atoms with Crippen LogP contribution in [-0.2, 0) is 14.3 Å². The van der Waals surface area contributed by atoms with Gasteiger partial charge in [0.15, 0.2) is 0 Å². The highest BCUT2D eigenvalue weighted by Crippen LogP contribution is 2.34. The van der Waals surface area contributed by atoms with Gasteiger partial charge in [-0.15, -0.1) is 0 Å². The van der Waals surface area contributed by atoms with Crippen LogP contribution in [0.4, 0.5) is 4.39 Å². The second-order valence-electron chi connectivity index (χ2n) is 5.72. The highest BCUT2D eigenvalue weighted by molar-refractivity contribution is 5.93. The van der Waals surface area contributed by atoms with Crippen LogP contribution in [0.15, 0.2) is 36.1 Å². The number of benzene rings is 1. The molecular formula is C17H20FNO3. The number of carbonyl (C=O) groups excluding carboxylic acids is 1. The van der Waals surface area contributed by atoms with Gasteiger partial charge in [-0.25, -0.2) is 4.39 Å². The Bertz CT molecular complexity index is 556. The standard InChI is InChI=1S/C17H20FNO3/c18-15-5-3-12(4-6-15)16-13(7-9-22-16)10-19-17(20)14-2-1-8-21-11-14/h3-6,11,13,16H,1-2,7-10H2,(H,19,20)/t13-,16-/m0/s1. The monoisotopic (exact) mass is 305 g/mol. The predicted octanol–water partition coefficient (Wildman–Crippen LogP) is 2.71. The van der Waals surface area contributed by atoms with E-state index in [2.05, 4.69) is 5.32 Å². The van der Waals surface area contributed by atoms with E-state index in [1.807, 2.05) is 0 Å². The Morgan fingerprint density at radius 1 is 1.27 bits per heavy atom. The lowest BCUT2D eigenvalue weighted by Gasteiger charge is -2.20. The molecule has 2 aliphatic rings. The number of ether oxygens (including phenoxy) is 2. The van der Waals surface area contributed by atoms with Gasteiger partial charge < -0.3 is 14.8 Å². The van der Waals surface area contributed by atoms with E-state index in [1.54, 1.807) is 18.4 Å². The molecule has 1 amide bonds. The zero-order valence-corrected chi connectivity index (χ0v) is 12.4. The first kappa shape index (κ1) is 15.0. The largest absolute Gasteiger partial charge is 0.501 e. The first-order chi connectivity index (χ1) is 10.7. The van der Waals surface area contributed by atoms with Crippen LogP contribution in [0.25, 0.3) is 0 Å². The van der Waals surface area contributed by atoms with Gasteiger partial charge in [0.2, 0.25) is 5.91 Å². The van der Waals surface area contributed by atoms with Crippen molar-refractivity contribution in [1.29, 1.82) is 0 Å². The molecule has 0 aromatic heterocycles. The highest BCUT2D eigenvalue weighted by Gasteiger charge is 2.30. The predicted molar refractivity (Wildman–Crippen MR) is 79.5 cm³/mol. The topological polar surface area (TPSA) is 47.6 Å². The normalized spacial score (nSPS) is 24.5. The van der Waals surface area contributed by atoms with E-state index in [-0.39, 0.29) is 23.7 Å². The number of amides is 1. The molecule has 0 saturated carbocycles. The Balaban J connectivity index is 1.58. The van der Waals surface area contributed by atoms with Gasteiger partial charge in [-0.1, -0.05) is 12.1 Å². The summed E-state index contributed by atoms with van der Waals surface area (Å²) in [6, 6.07) is 6.38. The molecule has 0 aliphatic carbocycles. The Kier molecular flexibility index (Phi) is 4.73. The SMILES string of the molecule is O=C(NC[C@@H]1CCO[C@H]1c1ccc(F)cc1)C1=COCCC1. The molecule has 3 rings (SSSR count). The second-order valence-corrected chi connectivity index (χ2v) is 5.72. The smallest absolute Gasteiger partial charge is 0.250 e. The molecule has 1 N–H and O–H groups in total. The van der Waals surface area contributed by atoms with Crippen molar-refractivity contribution in [3.63, 3.8) is 0 Å². The Morgan fingerprint density at radius 3 is 2.82 bits per heavy atom. The van der Waals surface area contributed by atoms with Crippen molar-refractivity contribution in [2.24, 2.45) is 5.92 Å². The fraction of sp³-hybridized carbons (Fsp3) is 0.471. The summed E-state index contributed by atoms with van der Waals surface area (Å²) < 4.78 is 24.0. The van der Waals surface area contributed by atoms with E-state index in [9.17, 15) is 9.18 Å². The number of hydrogen-bond acceptors (Lipinski definition) is 3. The zero-order chi connectivity index (χ0) is 15.4. The van der Waals surface area contributed by atoms with E-state index < -0.39 is 0 Å². The maximum Gasteiger partial charge on any atom is 0.250 e. The number of hydrogen-bond donors (Lipinski definition) is 1. The maximum absolute atomic E-state index is 13.0. The van der Waals surface area contributed by atoms with Crippen LogP contribution < -0.4 is 5.32 Å². The van der Waals surface area contributed by atoms with Gasteiger partial charge in [-0.2, -0.15) is 0 Å². The fourth-order valence-corrected chi connectivity index (χ4v) is 2.93. The van der Waals surface area contributed by atoms with E-state index in [0.717, 1.165) is 24.8 Å².